The topological polar surface area (TPSA) is 78.1 Å². The third kappa shape index (κ3) is 3.71. The highest BCUT2D eigenvalue weighted by Gasteiger charge is 2.37. The highest BCUT2D eigenvalue weighted by molar-refractivity contribution is 7.99. The Balaban J connectivity index is 1.88. The SMILES string of the molecule is CC(C)Sc1nc2c(c(=O)[nH]1)[C@@H](c1ccc(N(C)C)cc1)C1=C(CCCC1=O)N2. The number of benzene rings is 1. The van der Waals surface area contributed by atoms with E-state index in [0.717, 1.165) is 35.4 Å². The second kappa shape index (κ2) is 7.71. The lowest BCUT2D eigenvalue weighted by Crippen LogP contribution is -2.32. The van der Waals surface area contributed by atoms with Crippen molar-refractivity contribution in [1.82, 2.24) is 9.97 Å². The van der Waals surface area contributed by atoms with Gasteiger partial charge >= 0.3 is 0 Å². The van der Waals surface area contributed by atoms with Crippen molar-refractivity contribution < 1.29 is 4.79 Å². The number of ketones is 1. The molecule has 0 saturated heterocycles. The van der Waals surface area contributed by atoms with E-state index in [1.165, 1.54) is 11.8 Å². The van der Waals surface area contributed by atoms with E-state index in [1.54, 1.807) is 0 Å². The predicted octanol–water partition coefficient (Wildman–Crippen LogP) is 3.90. The zero-order valence-electron chi connectivity index (χ0n) is 17.2. The number of rotatable bonds is 4. The lowest BCUT2D eigenvalue weighted by Gasteiger charge is -2.33. The molecule has 1 aromatic heterocycles. The summed E-state index contributed by atoms with van der Waals surface area (Å²) in [6.45, 7) is 4.13. The minimum Gasteiger partial charge on any atom is -0.378 e. The van der Waals surface area contributed by atoms with E-state index in [2.05, 4.69) is 24.1 Å². The molecule has 1 atom stereocenters. The van der Waals surface area contributed by atoms with Gasteiger partial charge in [0.15, 0.2) is 10.9 Å². The van der Waals surface area contributed by atoms with Gasteiger partial charge in [0.25, 0.3) is 5.56 Å². The molecule has 4 rings (SSSR count). The van der Waals surface area contributed by atoms with Crippen LogP contribution in [0.4, 0.5) is 11.5 Å². The number of H-pyrrole nitrogens is 1. The van der Waals surface area contributed by atoms with Gasteiger partial charge in [-0.3, -0.25) is 9.59 Å². The first-order valence-electron chi connectivity index (χ1n) is 9.96. The Morgan fingerprint density at radius 1 is 1.14 bits per heavy atom. The number of Topliss-reactive ketones (excluding diaryl/α,β-unsaturated/α-hetero) is 1. The number of nitrogens with zero attached hydrogens (tertiary/aromatic N) is 2. The van der Waals surface area contributed by atoms with E-state index in [9.17, 15) is 9.59 Å². The summed E-state index contributed by atoms with van der Waals surface area (Å²) in [5.74, 6) is 0.303. The van der Waals surface area contributed by atoms with Crippen molar-refractivity contribution in [3.63, 3.8) is 0 Å². The molecule has 0 saturated carbocycles. The minimum absolute atomic E-state index is 0.117. The zero-order valence-corrected chi connectivity index (χ0v) is 18.0. The van der Waals surface area contributed by atoms with E-state index in [1.807, 2.05) is 43.3 Å². The quantitative estimate of drug-likeness (QED) is 0.588. The van der Waals surface area contributed by atoms with Crippen LogP contribution in [0.2, 0.25) is 0 Å². The van der Waals surface area contributed by atoms with Crippen LogP contribution in [0.15, 0.2) is 45.5 Å². The molecule has 0 spiro atoms. The van der Waals surface area contributed by atoms with Crippen LogP contribution >= 0.6 is 11.8 Å². The molecule has 2 aliphatic rings. The van der Waals surface area contributed by atoms with E-state index in [0.29, 0.717) is 28.2 Å². The number of aromatic amines is 1. The van der Waals surface area contributed by atoms with Crippen LogP contribution in [-0.4, -0.2) is 35.1 Å². The first-order chi connectivity index (χ1) is 13.8. The fourth-order valence-corrected chi connectivity index (χ4v) is 4.76. The summed E-state index contributed by atoms with van der Waals surface area (Å²) in [5, 5.41) is 4.23. The molecule has 2 aromatic rings. The molecular formula is C22H26N4O2S. The fraction of sp³-hybridized carbons (Fsp3) is 0.409. The number of allylic oxidation sites excluding steroid dienone is 2. The van der Waals surface area contributed by atoms with Crippen LogP contribution in [0.25, 0.3) is 0 Å². The summed E-state index contributed by atoms with van der Waals surface area (Å²) in [5.41, 5.74) is 3.99. The van der Waals surface area contributed by atoms with Crippen molar-refractivity contribution in [2.24, 2.45) is 0 Å². The van der Waals surface area contributed by atoms with Crippen molar-refractivity contribution in [2.75, 3.05) is 24.3 Å². The van der Waals surface area contributed by atoms with Gasteiger partial charge in [0.2, 0.25) is 0 Å². The molecule has 0 radical (unpaired) electrons. The van der Waals surface area contributed by atoms with E-state index >= 15 is 0 Å². The standard InChI is InChI=1S/C22H26N4O2S/c1-12(2)29-22-24-20-19(21(28)25-22)17(13-8-10-14(11-9-13)26(3)4)18-15(23-20)6-5-7-16(18)27/h8-12,17H,5-7H2,1-4H3,(H2,23,24,25,28)/t17-/m0/s1. The van der Waals surface area contributed by atoms with Crippen LogP contribution < -0.4 is 15.8 Å². The summed E-state index contributed by atoms with van der Waals surface area (Å²) >= 11 is 1.52. The summed E-state index contributed by atoms with van der Waals surface area (Å²) in [6.07, 6.45) is 2.14. The van der Waals surface area contributed by atoms with Crippen molar-refractivity contribution >= 4 is 29.1 Å². The minimum atomic E-state index is -0.389. The van der Waals surface area contributed by atoms with Gasteiger partial charge in [0.05, 0.1) is 5.56 Å². The number of anilines is 2. The molecule has 7 heteroatoms. The molecule has 152 valence electrons. The third-order valence-electron chi connectivity index (χ3n) is 5.33. The van der Waals surface area contributed by atoms with Crippen LogP contribution in [0.1, 0.15) is 50.2 Å². The van der Waals surface area contributed by atoms with Crippen LogP contribution in [0, 0.1) is 0 Å². The average molecular weight is 411 g/mol. The molecular weight excluding hydrogens is 384 g/mol. The molecule has 1 aliphatic heterocycles. The highest BCUT2D eigenvalue weighted by Crippen LogP contribution is 2.43. The Hall–Kier alpha value is -2.54. The maximum absolute atomic E-state index is 13.1. The van der Waals surface area contributed by atoms with Crippen molar-refractivity contribution in [1.29, 1.82) is 0 Å². The molecule has 1 aromatic carbocycles. The number of hydrogen-bond acceptors (Lipinski definition) is 6. The number of hydrogen-bond donors (Lipinski definition) is 2. The molecule has 2 heterocycles. The molecule has 0 amide bonds. The number of carbonyl (C=O) groups excluding carboxylic acids is 1. The number of fused-ring (bicyclic) bond motifs is 1. The Kier molecular flexibility index (Phi) is 5.25. The number of thioether (sulfide) groups is 1. The number of carbonyl (C=O) groups is 1. The Morgan fingerprint density at radius 3 is 2.52 bits per heavy atom. The number of nitrogens with one attached hydrogen (secondary N) is 2. The fourth-order valence-electron chi connectivity index (χ4n) is 4.02. The van der Waals surface area contributed by atoms with Crippen molar-refractivity contribution in [3.8, 4) is 0 Å². The van der Waals surface area contributed by atoms with Gasteiger partial charge in [-0.25, -0.2) is 4.98 Å². The van der Waals surface area contributed by atoms with Crippen molar-refractivity contribution in [3.05, 3.63) is 57.0 Å². The highest BCUT2D eigenvalue weighted by atomic mass is 32.2. The first kappa shape index (κ1) is 19.8. The van der Waals surface area contributed by atoms with Crippen LogP contribution in [-0.2, 0) is 4.79 Å². The molecule has 0 unspecified atom stereocenters. The Morgan fingerprint density at radius 2 is 1.86 bits per heavy atom. The summed E-state index contributed by atoms with van der Waals surface area (Å²) in [6, 6.07) is 8.07. The second-order valence-electron chi connectivity index (χ2n) is 8.01. The van der Waals surface area contributed by atoms with Crippen LogP contribution in [0.3, 0.4) is 0 Å². The molecule has 6 nitrogen and oxygen atoms in total. The van der Waals surface area contributed by atoms with Gasteiger partial charge in [0.1, 0.15) is 5.82 Å². The maximum Gasteiger partial charge on any atom is 0.257 e. The smallest absolute Gasteiger partial charge is 0.257 e. The summed E-state index contributed by atoms with van der Waals surface area (Å²) < 4.78 is 0. The first-order valence-corrected chi connectivity index (χ1v) is 10.8. The van der Waals surface area contributed by atoms with Gasteiger partial charge in [-0.2, -0.15) is 0 Å². The van der Waals surface area contributed by atoms with Gasteiger partial charge in [-0.05, 0) is 30.5 Å². The normalized spacial score (nSPS) is 18.4. The van der Waals surface area contributed by atoms with Gasteiger partial charge in [-0.1, -0.05) is 37.7 Å². The largest absolute Gasteiger partial charge is 0.378 e. The molecule has 2 N–H and O–H groups in total. The average Bonchev–Trinajstić information content (AvgIpc) is 2.66. The summed E-state index contributed by atoms with van der Waals surface area (Å²) in [4.78, 5) is 35.6. The Labute approximate surface area is 174 Å². The van der Waals surface area contributed by atoms with Gasteiger partial charge in [-0.15, -0.1) is 0 Å². The Bertz CT molecular complexity index is 1040. The lowest BCUT2D eigenvalue weighted by atomic mass is 9.76. The predicted molar refractivity (Wildman–Crippen MR) is 118 cm³/mol. The van der Waals surface area contributed by atoms with Gasteiger partial charge in [0, 0.05) is 48.6 Å². The van der Waals surface area contributed by atoms with Crippen LogP contribution in [0.5, 0.6) is 0 Å². The zero-order chi connectivity index (χ0) is 20.7. The molecule has 0 fully saturated rings. The summed E-state index contributed by atoms with van der Waals surface area (Å²) in [7, 11) is 3.98. The van der Waals surface area contributed by atoms with E-state index in [4.69, 9.17) is 4.98 Å². The maximum atomic E-state index is 13.1. The second-order valence-corrected chi connectivity index (χ2v) is 9.58. The lowest BCUT2D eigenvalue weighted by molar-refractivity contribution is -0.116. The molecule has 1 aliphatic carbocycles. The molecule has 29 heavy (non-hydrogen) atoms. The van der Waals surface area contributed by atoms with Gasteiger partial charge < -0.3 is 15.2 Å². The molecule has 0 bridgehead atoms. The third-order valence-corrected chi connectivity index (χ3v) is 6.21. The monoisotopic (exact) mass is 410 g/mol. The van der Waals surface area contributed by atoms with Crippen molar-refractivity contribution in [2.45, 2.75) is 49.4 Å². The van der Waals surface area contributed by atoms with E-state index < -0.39 is 0 Å². The van der Waals surface area contributed by atoms with E-state index in [-0.39, 0.29) is 17.3 Å². The number of aromatic nitrogens is 2.